The minimum absolute atomic E-state index is 0.0722. The number of amides is 2. The summed E-state index contributed by atoms with van der Waals surface area (Å²) in [5.74, 6) is -0.327. The van der Waals surface area contributed by atoms with Gasteiger partial charge >= 0.3 is 0 Å². The van der Waals surface area contributed by atoms with Gasteiger partial charge in [-0.15, -0.1) is 11.8 Å². The van der Waals surface area contributed by atoms with Crippen LogP contribution in [0.15, 0.2) is 54.6 Å². The number of carbonyl (C=O) groups is 2. The van der Waals surface area contributed by atoms with Crippen LogP contribution in [0.5, 0.6) is 0 Å². The highest BCUT2D eigenvalue weighted by molar-refractivity contribution is 7.99. The third kappa shape index (κ3) is 4.26. The Morgan fingerprint density at radius 1 is 0.968 bits per heavy atom. The molecule has 0 unspecified atom stereocenters. The molecular formula is C23H25NO6S. The molecule has 2 aromatic carbocycles. The SMILES string of the molecule is CCS[C@@H]1O[C@H](COCc2ccccc2)[C@@H](O)[C@H](O)[C@H]1N1C(=O)c2ccccc2C1=O. The van der Waals surface area contributed by atoms with Crippen molar-refractivity contribution in [3.05, 3.63) is 71.3 Å². The number of ether oxygens (including phenoxy) is 2. The summed E-state index contributed by atoms with van der Waals surface area (Å²) in [4.78, 5) is 26.9. The Morgan fingerprint density at radius 3 is 2.19 bits per heavy atom. The zero-order valence-electron chi connectivity index (χ0n) is 17.1. The second-order valence-corrected chi connectivity index (χ2v) is 8.87. The molecule has 5 atom stereocenters. The number of carbonyl (C=O) groups excluding carboxylic acids is 2. The van der Waals surface area contributed by atoms with Crippen LogP contribution in [0, 0.1) is 0 Å². The number of nitrogens with zero attached hydrogens (tertiary/aromatic N) is 1. The van der Waals surface area contributed by atoms with Crippen molar-refractivity contribution in [2.75, 3.05) is 12.4 Å². The zero-order valence-corrected chi connectivity index (χ0v) is 17.9. The Kier molecular flexibility index (Phi) is 6.74. The second kappa shape index (κ2) is 9.50. The number of benzene rings is 2. The maximum Gasteiger partial charge on any atom is 0.262 e. The lowest BCUT2D eigenvalue weighted by molar-refractivity contribution is -0.187. The molecule has 2 N–H and O–H groups in total. The van der Waals surface area contributed by atoms with Crippen LogP contribution in [0.1, 0.15) is 33.2 Å². The molecule has 2 amide bonds. The van der Waals surface area contributed by atoms with Crippen molar-refractivity contribution in [1.82, 2.24) is 4.90 Å². The number of aliphatic hydroxyl groups is 2. The smallest absolute Gasteiger partial charge is 0.262 e. The summed E-state index contributed by atoms with van der Waals surface area (Å²) in [6.45, 7) is 2.34. The highest BCUT2D eigenvalue weighted by Gasteiger charge is 2.52. The Labute approximate surface area is 185 Å². The molecule has 164 valence electrons. The molecular weight excluding hydrogens is 418 g/mol. The van der Waals surface area contributed by atoms with Crippen molar-refractivity contribution in [2.45, 2.75) is 43.3 Å². The molecule has 8 heteroatoms. The summed E-state index contributed by atoms with van der Waals surface area (Å²) in [7, 11) is 0. The van der Waals surface area contributed by atoms with Crippen LogP contribution in [0.25, 0.3) is 0 Å². The molecule has 2 aliphatic heterocycles. The number of imide groups is 1. The molecule has 0 aliphatic carbocycles. The van der Waals surface area contributed by atoms with E-state index in [0.29, 0.717) is 23.5 Å². The van der Waals surface area contributed by atoms with Crippen molar-refractivity contribution < 1.29 is 29.3 Å². The first-order valence-electron chi connectivity index (χ1n) is 10.2. The fraction of sp³-hybridized carbons (Fsp3) is 0.391. The number of fused-ring (bicyclic) bond motifs is 1. The van der Waals surface area contributed by atoms with Crippen molar-refractivity contribution in [2.24, 2.45) is 0 Å². The summed E-state index contributed by atoms with van der Waals surface area (Å²) in [5.41, 5.74) is 0.887. The number of hydrogen-bond acceptors (Lipinski definition) is 7. The van der Waals surface area contributed by atoms with Gasteiger partial charge in [0.1, 0.15) is 29.8 Å². The standard InChI is InChI=1S/C23H25NO6S/c1-2-31-23-18(24-21(27)15-10-6-7-11-16(15)22(24)28)20(26)19(25)17(30-23)13-29-12-14-8-4-3-5-9-14/h3-11,17-20,23,25-26H,2,12-13H2,1H3/t17-,18-,19-,20-,23+/m1/s1. The fourth-order valence-corrected chi connectivity index (χ4v) is 5.01. The van der Waals surface area contributed by atoms with Gasteiger partial charge in [-0.2, -0.15) is 0 Å². The van der Waals surface area contributed by atoms with Crippen molar-refractivity contribution in [3.63, 3.8) is 0 Å². The molecule has 7 nitrogen and oxygen atoms in total. The molecule has 2 aliphatic rings. The number of rotatable bonds is 7. The second-order valence-electron chi connectivity index (χ2n) is 7.50. The van der Waals surface area contributed by atoms with Crippen LogP contribution >= 0.6 is 11.8 Å². The molecule has 0 bridgehead atoms. The first-order chi connectivity index (χ1) is 15.0. The molecule has 4 rings (SSSR count). The monoisotopic (exact) mass is 443 g/mol. The van der Waals surface area contributed by atoms with Crippen molar-refractivity contribution in [1.29, 1.82) is 0 Å². The minimum Gasteiger partial charge on any atom is -0.388 e. The van der Waals surface area contributed by atoms with Gasteiger partial charge in [0.25, 0.3) is 11.8 Å². The predicted octanol–water partition coefficient (Wildman–Crippen LogP) is 2.07. The maximum atomic E-state index is 12.9. The van der Waals surface area contributed by atoms with Crippen LogP contribution in [0.2, 0.25) is 0 Å². The number of aliphatic hydroxyl groups excluding tert-OH is 2. The molecule has 0 aromatic heterocycles. The van der Waals surface area contributed by atoms with Gasteiger partial charge in [0.2, 0.25) is 0 Å². The van der Waals surface area contributed by atoms with E-state index in [2.05, 4.69) is 0 Å². The quantitative estimate of drug-likeness (QED) is 0.633. The topological polar surface area (TPSA) is 96.3 Å². The minimum atomic E-state index is -1.36. The van der Waals surface area contributed by atoms with Gasteiger partial charge in [0.05, 0.1) is 24.3 Å². The van der Waals surface area contributed by atoms with E-state index in [1.807, 2.05) is 37.3 Å². The van der Waals surface area contributed by atoms with Gasteiger partial charge in [-0.25, -0.2) is 0 Å². The van der Waals surface area contributed by atoms with Gasteiger partial charge < -0.3 is 19.7 Å². The van der Waals surface area contributed by atoms with E-state index in [1.165, 1.54) is 11.8 Å². The van der Waals surface area contributed by atoms with Crippen LogP contribution < -0.4 is 0 Å². The molecule has 0 spiro atoms. The summed E-state index contributed by atoms with van der Waals surface area (Å²) in [6.07, 6.45) is -3.45. The van der Waals surface area contributed by atoms with Gasteiger partial charge in [-0.3, -0.25) is 14.5 Å². The first kappa shape index (κ1) is 22.0. The number of thioether (sulfide) groups is 1. The molecule has 31 heavy (non-hydrogen) atoms. The Balaban J connectivity index is 1.50. The molecule has 1 fully saturated rings. The van der Waals surface area contributed by atoms with E-state index < -0.39 is 41.6 Å². The third-order valence-electron chi connectivity index (χ3n) is 5.52. The molecule has 0 radical (unpaired) electrons. The normalized spacial score (nSPS) is 28.1. The van der Waals surface area contributed by atoms with Gasteiger partial charge in [-0.05, 0) is 23.4 Å². The van der Waals surface area contributed by atoms with Crippen molar-refractivity contribution >= 4 is 23.6 Å². The van der Waals surface area contributed by atoms with E-state index in [9.17, 15) is 19.8 Å². The Bertz CT molecular complexity index is 904. The van der Waals surface area contributed by atoms with E-state index in [0.717, 1.165) is 10.5 Å². The highest BCUT2D eigenvalue weighted by Crippen LogP contribution is 2.36. The summed E-state index contributed by atoms with van der Waals surface area (Å²) in [6, 6.07) is 15.2. The Hall–Kier alpha value is -2.23. The van der Waals surface area contributed by atoms with E-state index in [1.54, 1.807) is 24.3 Å². The van der Waals surface area contributed by atoms with Crippen molar-refractivity contribution in [3.8, 4) is 0 Å². The summed E-state index contributed by atoms with van der Waals surface area (Å²) < 4.78 is 11.8. The zero-order chi connectivity index (χ0) is 22.0. The van der Waals surface area contributed by atoms with E-state index in [4.69, 9.17) is 9.47 Å². The summed E-state index contributed by atoms with van der Waals surface area (Å²) >= 11 is 1.37. The average molecular weight is 444 g/mol. The lowest BCUT2D eigenvalue weighted by Crippen LogP contribution is -2.64. The van der Waals surface area contributed by atoms with Crippen LogP contribution in [0.3, 0.4) is 0 Å². The number of hydrogen-bond donors (Lipinski definition) is 2. The van der Waals surface area contributed by atoms with E-state index >= 15 is 0 Å². The van der Waals surface area contributed by atoms with E-state index in [-0.39, 0.29) is 6.61 Å². The van der Waals surface area contributed by atoms with Gasteiger partial charge in [0.15, 0.2) is 0 Å². The lowest BCUT2D eigenvalue weighted by Gasteiger charge is -2.45. The first-order valence-corrected chi connectivity index (χ1v) is 11.3. The predicted molar refractivity (Wildman–Crippen MR) is 116 cm³/mol. The summed E-state index contributed by atoms with van der Waals surface area (Å²) in [5, 5.41) is 21.7. The maximum absolute atomic E-state index is 12.9. The highest BCUT2D eigenvalue weighted by atomic mass is 32.2. The van der Waals surface area contributed by atoms with Gasteiger partial charge in [0, 0.05) is 0 Å². The van der Waals surface area contributed by atoms with Crippen LogP contribution in [-0.4, -0.2) is 69.1 Å². The largest absolute Gasteiger partial charge is 0.388 e. The molecule has 1 saturated heterocycles. The third-order valence-corrected chi connectivity index (χ3v) is 6.57. The fourth-order valence-electron chi connectivity index (χ4n) is 3.98. The molecule has 2 heterocycles. The average Bonchev–Trinajstić information content (AvgIpc) is 3.03. The van der Waals surface area contributed by atoms with Crippen LogP contribution in [-0.2, 0) is 16.1 Å². The van der Waals surface area contributed by atoms with Gasteiger partial charge in [-0.1, -0.05) is 49.4 Å². The Morgan fingerprint density at radius 2 is 1.58 bits per heavy atom. The van der Waals surface area contributed by atoms with Crippen LogP contribution in [0.4, 0.5) is 0 Å². The molecule has 0 saturated carbocycles. The molecule has 2 aromatic rings. The lowest BCUT2D eigenvalue weighted by atomic mass is 9.97.